The van der Waals surface area contributed by atoms with Gasteiger partial charge in [0.25, 0.3) is 5.91 Å². The molecule has 0 unspecified atom stereocenters. The van der Waals surface area contributed by atoms with Crippen LogP contribution in [0.15, 0.2) is 53.1 Å². The monoisotopic (exact) mass is 367 g/mol. The van der Waals surface area contributed by atoms with Crippen molar-refractivity contribution in [3.63, 3.8) is 0 Å². The minimum atomic E-state index is -0.107. The highest BCUT2D eigenvalue weighted by Crippen LogP contribution is 2.20. The van der Waals surface area contributed by atoms with Crippen LogP contribution in [0.5, 0.6) is 11.5 Å². The van der Waals surface area contributed by atoms with Gasteiger partial charge in [0.2, 0.25) is 11.7 Å². The lowest BCUT2D eigenvalue weighted by molar-refractivity contribution is 0.0734. The Hall–Kier alpha value is -3.35. The van der Waals surface area contributed by atoms with E-state index in [0.717, 1.165) is 11.3 Å². The lowest BCUT2D eigenvalue weighted by Gasteiger charge is -2.18. The van der Waals surface area contributed by atoms with E-state index in [4.69, 9.17) is 14.0 Å². The quantitative estimate of drug-likeness (QED) is 0.637. The summed E-state index contributed by atoms with van der Waals surface area (Å²) in [5.74, 6) is 2.20. The fourth-order valence-electron chi connectivity index (χ4n) is 2.58. The van der Waals surface area contributed by atoms with E-state index >= 15 is 0 Å². The number of hydrogen-bond donors (Lipinski definition) is 0. The lowest BCUT2D eigenvalue weighted by Crippen LogP contribution is -2.30. The zero-order chi connectivity index (χ0) is 19.2. The van der Waals surface area contributed by atoms with Crippen LogP contribution in [-0.4, -0.2) is 41.7 Å². The Kier molecular flexibility index (Phi) is 5.71. The first-order chi connectivity index (χ1) is 13.1. The Bertz CT molecular complexity index is 888. The third-order valence-electron chi connectivity index (χ3n) is 4.15. The molecule has 7 nitrogen and oxygen atoms in total. The van der Waals surface area contributed by atoms with Crippen LogP contribution < -0.4 is 9.47 Å². The number of amides is 1. The van der Waals surface area contributed by atoms with Gasteiger partial charge in [0.15, 0.2) is 0 Å². The molecule has 1 heterocycles. The summed E-state index contributed by atoms with van der Waals surface area (Å²) in [6.45, 7) is 2.66. The summed E-state index contributed by atoms with van der Waals surface area (Å²) in [5, 5.41) is 4.00. The van der Waals surface area contributed by atoms with E-state index in [-0.39, 0.29) is 12.5 Å². The molecule has 0 spiro atoms. The number of hydrogen-bond acceptors (Lipinski definition) is 6. The summed E-state index contributed by atoms with van der Waals surface area (Å²) in [6, 6.07) is 14.4. The van der Waals surface area contributed by atoms with Crippen molar-refractivity contribution < 1.29 is 18.8 Å². The normalized spacial score (nSPS) is 10.5. The van der Waals surface area contributed by atoms with Gasteiger partial charge >= 0.3 is 0 Å². The Labute approximate surface area is 157 Å². The van der Waals surface area contributed by atoms with Crippen molar-refractivity contribution in [3.8, 4) is 22.9 Å². The molecular weight excluding hydrogens is 346 g/mol. The highest BCUT2D eigenvalue weighted by Gasteiger charge is 2.18. The van der Waals surface area contributed by atoms with Crippen molar-refractivity contribution in [3.05, 3.63) is 60.0 Å². The zero-order valence-corrected chi connectivity index (χ0v) is 15.5. The number of ether oxygens (including phenoxy) is 2. The average Bonchev–Trinajstić information content (AvgIpc) is 3.20. The van der Waals surface area contributed by atoms with Gasteiger partial charge in [0.05, 0.1) is 14.2 Å². The Balaban J connectivity index is 1.72. The van der Waals surface area contributed by atoms with Gasteiger partial charge in [-0.05, 0) is 55.5 Å². The van der Waals surface area contributed by atoms with Gasteiger partial charge < -0.3 is 18.9 Å². The third kappa shape index (κ3) is 4.25. The largest absolute Gasteiger partial charge is 0.497 e. The number of benzene rings is 2. The van der Waals surface area contributed by atoms with Crippen LogP contribution in [0.3, 0.4) is 0 Å². The van der Waals surface area contributed by atoms with Crippen molar-refractivity contribution in [1.82, 2.24) is 15.0 Å². The predicted molar refractivity (Wildman–Crippen MR) is 99.7 cm³/mol. The number of carbonyl (C=O) groups is 1. The number of carbonyl (C=O) groups excluding carboxylic acids is 1. The van der Waals surface area contributed by atoms with Crippen LogP contribution in [0.4, 0.5) is 0 Å². The SMILES string of the molecule is CCN(Cc1nc(-c2ccc(OC)cc2)no1)C(=O)c1ccc(OC)cc1. The van der Waals surface area contributed by atoms with E-state index in [0.29, 0.717) is 29.6 Å². The van der Waals surface area contributed by atoms with Crippen molar-refractivity contribution in [1.29, 1.82) is 0 Å². The fourth-order valence-corrected chi connectivity index (χ4v) is 2.58. The molecule has 0 atom stereocenters. The highest BCUT2D eigenvalue weighted by atomic mass is 16.5. The first-order valence-corrected chi connectivity index (χ1v) is 8.55. The van der Waals surface area contributed by atoms with Crippen molar-refractivity contribution in [2.24, 2.45) is 0 Å². The van der Waals surface area contributed by atoms with E-state index in [1.54, 1.807) is 43.4 Å². The van der Waals surface area contributed by atoms with Crippen molar-refractivity contribution in [2.75, 3.05) is 20.8 Å². The van der Waals surface area contributed by atoms with Crippen LogP contribution in [0.1, 0.15) is 23.2 Å². The second-order valence-electron chi connectivity index (χ2n) is 5.79. The van der Waals surface area contributed by atoms with Crippen LogP contribution in [0.2, 0.25) is 0 Å². The van der Waals surface area contributed by atoms with Crippen LogP contribution in [0.25, 0.3) is 11.4 Å². The molecule has 0 radical (unpaired) electrons. The summed E-state index contributed by atoms with van der Waals surface area (Å²) < 4.78 is 15.6. The van der Waals surface area contributed by atoms with Crippen molar-refractivity contribution in [2.45, 2.75) is 13.5 Å². The molecule has 0 saturated carbocycles. The number of methoxy groups -OCH3 is 2. The molecule has 140 valence electrons. The van der Waals surface area contributed by atoms with E-state index in [9.17, 15) is 4.79 Å². The van der Waals surface area contributed by atoms with Crippen LogP contribution in [-0.2, 0) is 6.54 Å². The summed E-state index contributed by atoms with van der Waals surface area (Å²) in [7, 11) is 3.20. The molecule has 7 heteroatoms. The maximum absolute atomic E-state index is 12.7. The number of aromatic nitrogens is 2. The highest BCUT2D eigenvalue weighted by molar-refractivity contribution is 5.94. The summed E-state index contributed by atoms with van der Waals surface area (Å²) in [6.07, 6.45) is 0. The molecule has 0 aliphatic heterocycles. The molecule has 0 aliphatic carbocycles. The van der Waals surface area contributed by atoms with Crippen LogP contribution in [0, 0.1) is 0 Å². The lowest BCUT2D eigenvalue weighted by atomic mass is 10.2. The molecule has 0 fully saturated rings. The van der Waals surface area contributed by atoms with Gasteiger partial charge in [-0.25, -0.2) is 0 Å². The van der Waals surface area contributed by atoms with E-state index < -0.39 is 0 Å². The molecule has 1 amide bonds. The first kappa shape index (κ1) is 18.4. The number of rotatable bonds is 7. The Morgan fingerprint density at radius 2 is 1.59 bits per heavy atom. The van der Waals surface area contributed by atoms with Crippen molar-refractivity contribution >= 4 is 5.91 Å². The Morgan fingerprint density at radius 3 is 2.15 bits per heavy atom. The summed E-state index contributed by atoms with van der Waals surface area (Å²) in [5.41, 5.74) is 1.39. The number of nitrogens with zero attached hydrogens (tertiary/aromatic N) is 3. The van der Waals surface area contributed by atoms with Gasteiger partial charge in [0.1, 0.15) is 18.0 Å². The van der Waals surface area contributed by atoms with E-state index in [1.165, 1.54) is 0 Å². The molecule has 3 aromatic rings. The standard InChI is InChI=1S/C20H21N3O4/c1-4-23(20(24)15-7-11-17(26-3)12-8-15)13-18-21-19(22-27-18)14-5-9-16(25-2)10-6-14/h5-12H,4,13H2,1-3H3. The molecule has 0 bridgehead atoms. The first-order valence-electron chi connectivity index (χ1n) is 8.55. The van der Waals surface area contributed by atoms with E-state index in [2.05, 4.69) is 10.1 Å². The second-order valence-corrected chi connectivity index (χ2v) is 5.79. The molecule has 3 rings (SSSR count). The van der Waals surface area contributed by atoms with Gasteiger partial charge in [-0.2, -0.15) is 4.98 Å². The molecule has 27 heavy (non-hydrogen) atoms. The van der Waals surface area contributed by atoms with Gasteiger partial charge in [-0.3, -0.25) is 4.79 Å². The minimum Gasteiger partial charge on any atom is -0.497 e. The van der Waals surface area contributed by atoms with E-state index in [1.807, 2.05) is 31.2 Å². The topological polar surface area (TPSA) is 77.7 Å². The maximum Gasteiger partial charge on any atom is 0.254 e. The molecule has 2 aromatic carbocycles. The third-order valence-corrected chi connectivity index (χ3v) is 4.15. The molecule has 1 aromatic heterocycles. The van der Waals surface area contributed by atoms with Gasteiger partial charge in [-0.15, -0.1) is 0 Å². The molecular formula is C20H21N3O4. The van der Waals surface area contributed by atoms with Gasteiger partial charge in [0, 0.05) is 17.7 Å². The average molecular weight is 367 g/mol. The summed E-state index contributed by atoms with van der Waals surface area (Å²) in [4.78, 5) is 18.7. The fraction of sp³-hybridized carbons (Fsp3) is 0.250. The smallest absolute Gasteiger partial charge is 0.254 e. The zero-order valence-electron chi connectivity index (χ0n) is 15.5. The second kappa shape index (κ2) is 8.35. The maximum atomic E-state index is 12.7. The molecule has 0 aliphatic rings. The molecule has 0 N–H and O–H groups in total. The Morgan fingerprint density at radius 1 is 1.00 bits per heavy atom. The summed E-state index contributed by atoms with van der Waals surface area (Å²) >= 11 is 0. The minimum absolute atomic E-state index is 0.107. The van der Waals surface area contributed by atoms with Crippen LogP contribution >= 0.6 is 0 Å². The van der Waals surface area contributed by atoms with Gasteiger partial charge in [-0.1, -0.05) is 5.16 Å². The molecule has 0 saturated heterocycles. The predicted octanol–water partition coefficient (Wildman–Crippen LogP) is 3.42.